The Kier molecular flexibility index (Phi) is 57.0. The monoisotopic (exact) mass is 970 g/mol. The van der Waals surface area contributed by atoms with Crippen LogP contribution in [0.2, 0.25) is 0 Å². The fourth-order valence-corrected chi connectivity index (χ4v) is 9.43. The van der Waals surface area contributed by atoms with E-state index in [1.165, 1.54) is 250 Å². The van der Waals surface area contributed by atoms with Gasteiger partial charge in [0.2, 0.25) is 5.91 Å². The maximum absolute atomic E-state index is 12.4. The Morgan fingerprint density at radius 1 is 0.406 bits per heavy atom. The normalized spacial score (nSPS) is 12.8. The van der Waals surface area contributed by atoms with Gasteiger partial charge in [0.05, 0.1) is 25.4 Å². The quantitative estimate of drug-likeness (QED) is 0.0321. The molecule has 0 bridgehead atoms. The second-order valence-corrected chi connectivity index (χ2v) is 21.0. The predicted octanol–water partition coefficient (Wildman–Crippen LogP) is 19.2. The van der Waals surface area contributed by atoms with E-state index < -0.39 is 12.1 Å². The van der Waals surface area contributed by atoms with Crippen LogP contribution >= 0.6 is 0 Å². The number of carbonyl (C=O) groups is 2. The van der Waals surface area contributed by atoms with Gasteiger partial charge in [-0.25, -0.2) is 0 Å². The van der Waals surface area contributed by atoms with Gasteiger partial charge in [0.15, 0.2) is 0 Å². The van der Waals surface area contributed by atoms with E-state index in [4.69, 9.17) is 4.74 Å². The Morgan fingerprint density at radius 3 is 1.13 bits per heavy atom. The van der Waals surface area contributed by atoms with Crippen LogP contribution in [0.4, 0.5) is 0 Å². The summed E-state index contributed by atoms with van der Waals surface area (Å²) >= 11 is 0. The van der Waals surface area contributed by atoms with Crippen LogP contribution in [0.5, 0.6) is 0 Å². The van der Waals surface area contributed by atoms with Crippen molar-refractivity contribution in [3.05, 3.63) is 36.5 Å². The van der Waals surface area contributed by atoms with Gasteiger partial charge >= 0.3 is 5.97 Å². The molecule has 0 aromatic rings. The highest BCUT2D eigenvalue weighted by atomic mass is 16.5. The van der Waals surface area contributed by atoms with Gasteiger partial charge < -0.3 is 20.3 Å². The highest BCUT2D eigenvalue weighted by molar-refractivity contribution is 5.76. The van der Waals surface area contributed by atoms with Gasteiger partial charge in [0.25, 0.3) is 0 Å². The third kappa shape index (κ3) is 55.2. The molecule has 6 nitrogen and oxygen atoms in total. The number of nitrogens with one attached hydrogen (secondary N) is 1. The highest BCUT2D eigenvalue weighted by Gasteiger charge is 2.18. The second-order valence-electron chi connectivity index (χ2n) is 21.0. The molecule has 0 aliphatic rings. The number of esters is 1. The molecule has 2 unspecified atom stereocenters. The number of amides is 1. The zero-order valence-electron chi connectivity index (χ0n) is 46.3. The maximum atomic E-state index is 12.4. The zero-order chi connectivity index (χ0) is 50.0. The van der Waals surface area contributed by atoms with Crippen LogP contribution in [0.3, 0.4) is 0 Å². The number of ether oxygens (including phenoxy) is 1. The number of carbonyl (C=O) groups excluding carboxylic acids is 2. The van der Waals surface area contributed by atoms with Crippen LogP contribution in [0.25, 0.3) is 0 Å². The fraction of sp³-hybridized carbons (Fsp3) is 0.873. The molecule has 0 aliphatic carbocycles. The summed E-state index contributed by atoms with van der Waals surface area (Å²) in [6.45, 7) is 4.87. The largest absolute Gasteiger partial charge is 0.466 e. The molecule has 0 aromatic carbocycles. The lowest BCUT2D eigenvalue weighted by Gasteiger charge is -2.20. The Balaban J connectivity index is 3.36. The summed E-state index contributed by atoms with van der Waals surface area (Å²) in [6.07, 6.45) is 73.3. The van der Waals surface area contributed by atoms with Crippen molar-refractivity contribution in [2.45, 2.75) is 341 Å². The summed E-state index contributed by atoms with van der Waals surface area (Å²) in [6, 6.07) is -0.627. The first kappa shape index (κ1) is 67.1. The Bertz CT molecular complexity index is 1120. The van der Waals surface area contributed by atoms with Crippen molar-refractivity contribution in [3.8, 4) is 0 Å². The first-order valence-electron chi connectivity index (χ1n) is 30.8. The standard InChI is InChI=1S/C63H119NO5/c1-3-5-7-9-11-13-15-16-17-18-23-27-30-33-37-41-45-49-53-57-63(68)69-58-54-50-46-42-38-34-31-28-25-22-20-19-21-24-26-29-32-36-40-44-48-52-56-62(67)64-60(59-65)61(66)55-51-47-43-39-35-14-12-10-8-6-4-2/h11,13,16-17,51,55,60-61,65-66H,3-10,12,14-15,18-50,52-54,56-59H2,1-2H3,(H,64,67)/b13-11-,17-16-,55-51+. The van der Waals surface area contributed by atoms with Gasteiger partial charge in [-0.05, 0) is 64.2 Å². The van der Waals surface area contributed by atoms with E-state index in [9.17, 15) is 19.8 Å². The zero-order valence-corrected chi connectivity index (χ0v) is 46.3. The van der Waals surface area contributed by atoms with Crippen molar-refractivity contribution < 1.29 is 24.5 Å². The smallest absolute Gasteiger partial charge is 0.305 e. The summed E-state index contributed by atoms with van der Waals surface area (Å²) < 4.78 is 5.50. The number of rotatable bonds is 57. The molecule has 0 saturated carbocycles. The van der Waals surface area contributed by atoms with Crippen LogP contribution < -0.4 is 5.32 Å². The third-order valence-corrected chi connectivity index (χ3v) is 14.2. The number of aliphatic hydroxyl groups excluding tert-OH is 2. The average molecular weight is 971 g/mol. The van der Waals surface area contributed by atoms with E-state index in [2.05, 4.69) is 43.5 Å². The lowest BCUT2D eigenvalue weighted by molar-refractivity contribution is -0.143. The lowest BCUT2D eigenvalue weighted by atomic mass is 10.0. The minimum Gasteiger partial charge on any atom is -0.466 e. The van der Waals surface area contributed by atoms with Crippen molar-refractivity contribution in [2.75, 3.05) is 13.2 Å². The number of hydrogen-bond donors (Lipinski definition) is 3. The molecule has 69 heavy (non-hydrogen) atoms. The predicted molar refractivity (Wildman–Crippen MR) is 301 cm³/mol. The van der Waals surface area contributed by atoms with Crippen molar-refractivity contribution in [3.63, 3.8) is 0 Å². The molecule has 2 atom stereocenters. The van der Waals surface area contributed by atoms with Gasteiger partial charge in [-0.15, -0.1) is 0 Å². The topological polar surface area (TPSA) is 95.9 Å². The minimum atomic E-state index is -0.843. The SMILES string of the molecule is CCCCC/C=C\C/C=C\CCCCCCCCCCCC(=O)OCCCCCCCCCCCCCCCCCCCCCCCCC(=O)NC(CO)C(O)/C=C/CCCCCCCCCCC. The second kappa shape index (κ2) is 58.6. The first-order chi connectivity index (χ1) is 34.0. The van der Waals surface area contributed by atoms with E-state index in [1.807, 2.05) is 6.08 Å². The minimum absolute atomic E-state index is 0.00881. The van der Waals surface area contributed by atoms with Crippen molar-refractivity contribution in [1.82, 2.24) is 5.32 Å². The van der Waals surface area contributed by atoms with E-state index in [0.29, 0.717) is 19.4 Å². The summed E-state index contributed by atoms with van der Waals surface area (Å²) in [5, 5.41) is 23.0. The van der Waals surface area contributed by atoms with Gasteiger partial charge in [0.1, 0.15) is 0 Å². The first-order valence-corrected chi connectivity index (χ1v) is 30.8. The molecule has 406 valence electrons. The van der Waals surface area contributed by atoms with Gasteiger partial charge in [-0.2, -0.15) is 0 Å². The number of hydrogen-bond acceptors (Lipinski definition) is 5. The summed E-state index contributed by atoms with van der Waals surface area (Å²) in [5.41, 5.74) is 0. The van der Waals surface area contributed by atoms with Gasteiger partial charge in [-0.3, -0.25) is 9.59 Å². The molecule has 0 fully saturated rings. The average Bonchev–Trinajstić information content (AvgIpc) is 3.35. The number of aliphatic hydroxyl groups is 2. The lowest BCUT2D eigenvalue weighted by Crippen LogP contribution is -2.45. The van der Waals surface area contributed by atoms with Crippen molar-refractivity contribution >= 4 is 11.9 Å². The molecule has 3 N–H and O–H groups in total. The Hall–Kier alpha value is -1.92. The molecule has 0 aromatic heterocycles. The highest BCUT2D eigenvalue weighted by Crippen LogP contribution is 2.17. The fourth-order valence-electron chi connectivity index (χ4n) is 9.43. The molecule has 0 saturated heterocycles. The molecule has 0 heterocycles. The third-order valence-electron chi connectivity index (χ3n) is 14.2. The Morgan fingerprint density at radius 2 is 0.725 bits per heavy atom. The van der Waals surface area contributed by atoms with Crippen LogP contribution in [0, 0.1) is 0 Å². The van der Waals surface area contributed by atoms with Crippen LogP contribution in [0.1, 0.15) is 328 Å². The van der Waals surface area contributed by atoms with Gasteiger partial charge in [-0.1, -0.05) is 288 Å². The molecule has 0 spiro atoms. The van der Waals surface area contributed by atoms with E-state index in [-0.39, 0.29) is 18.5 Å². The molecule has 6 heteroatoms. The summed E-state index contributed by atoms with van der Waals surface area (Å²) in [7, 11) is 0. The van der Waals surface area contributed by atoms with Gasteiger partial charge in [0, 0.05) is 12.8 Å². The van der Waals surface area contributed by atoms with E-state index in [0.717, 1.165) is 51.4 Å². The summed E-state index contributed by atoms with van der Waals surface area (Å²) in [4.78, 5) is 24.5. The molecule has 0 radical (unpaired) electrons. The van der Waals surface area contributed by atoms with Crippen molar-refractivity contribution in [1.29, 1.82) is 0 Å². The Labute approximate surface area is 430 Å². The van der Waals surface area contributed by atoms with Crippen LogP contribution in [-0.4, -0.2) is 47.4 Å². The summed E-state index contributed by atoms with van der Waals surface area (Å²) in [5.74, 6) is -0.0602. The molecular weight excluding hydrogens is 851 g/mol. The molecule has 1 amide bonds. The number of allylic oxidation sites excluding steroid dienone is 5. The maximum Gasteiger partial charge on any atom is 0.305 e. The molecular formula is C63H119NO5. The van der Waals surface area contributed by atoms with Crippen molar-refractivity contribution in [2.24, 2.45) is 0 Å². The molecule has 0 aliphatic heterocycles. The van der Waals surface area contributed by atoms with Crippen LogP contribution in [0.15, 0.2) is 36.5 Å². The van der Waals surface area contributed by atoms with E-state index in [1.54, 1.807) is 6.08 Å². The number of unbranched alkanes of at least 4 members (excludes halogenated alkanes) is 42. The molecule has 0 rings (SSSR count). The van der Waals surface area contributed by atoms with E-state index >= 15 is 0 Å². The van der Waals surface area contributed by atoms with Crippen LogP contribution in [-0.2, 0) is 14.3 Å².